The van der Waals surface area contributed by atoms with Gasteiger partial charge in [0.05, 0.1) is 5.25 Å². The Morgan fingerprint density at radius 3 is 2.64 bits per heavy atom. The van der Waals surface area contributed by atoms with Gasteiger partial charge in [-0.15, -0.1) is 0 Å². The molecule has 1 heterocycles. The molecule has 0 aliphatic heterocycles. The number of hydrogen-bond donors (Lipinski definition) is 2. The Kier molecular flexibility index (Phi) is 3.19. The number of aromatic carboxylic acids is 1. The number of nitrogens with two attached hydrogens (primary N) is 1. The maximum absolute atomic E-state index is 10.7. The standard InChI is InChI=1S/C8H9NO4S/c1-4(7(9)10)14-6-3-2-5(13-6)8(11)12/h2-4H,1H3,(H2,9,10)(H,11,12). The molecule has 0 saturated heterocycles. The Labute approximate surface area is 84.3 Å². The predicted molar refractivity (Wildman–Crippen MR) is 50.2 cm³/mol. The van der Waals surface area contributed by atoms with Crippen molar-refractivity contribution < 1.29 is 19.1 Å². The molecule has 1 amide bonds. The zero-order valence-electron chi connectivity index (χ0n) is 7.39. The van der Waals surface area contributed by atoms with E-state index in [1.807, 2.05) is 0 Å². The summed E-state index contributed by atoms with van der Waals surface area (Å²) in [5, 5.41) is 8.47. The van der Waals surface area contributed by atoms with Gasteiger partial charge in [0.2, 0.25) is 11.7 Å². The first-order valence-electron chi connectivity index (χ1n) is 3.80. The molecule has 3 N–H and O–H groups in total. The molecule has 0 fully saturated rings. The van der Waals surface area contributed by atoms with Gasteiger partial charge in [0, 0.05) is 0 Å². The number of carbonyl (C=O) groups is 2. The number of carboxylic acid groups (broad SMARTS) is 1. The Balaban J connectivity index is 2.69. The smallest absolute Gasteiger partial charge is 0.371 e. The first-order chi connectivity index (χ1) is 6.50. The van der Waals surface area contributed by atoms with Crippen molar-refractivity contribution in [1.29, 1.82) is 0 Å². The topological polar surface area (TPSA) is 93.5 Å². The fourth-order valence-electron chi connectivity index (χ4n) is 0.731. The van der Waals surface area contributed by atoms with Gasteiger partial charge in [0.25, 0.3) is 0 Å². The van der Waals surface area contributed by atoms with Crippen LogP contribution in [0, 0.1) is 0 Å². The molecule has 1 aromatic heterocycles. The van der Waals surface area contributed by atoms with Gasteiger partial charge in [-0.25, -0.2) is 4.79 Å². The molecule has 0 spiro atoms. The SMILES string of the molecule is CC(Sc1ccc(C(=O)O)o1)C(N)=O. The molecule has 76 valence electrons. The molecule has 0 radical (unpaired) electrons. The second-order valence-corrected chi connectivity index (χ2v) is 3.93. The summed E-state index contributed by atoms with van der Waals surface area (Å²) in [4.78, 5) is 21.1. The molecule has 1 atom stereocenters. The number of thioether (sulfide) groups is 1. The van der Waals surface area contributed by atoms with Crippen LogP contribution in [-0.4, -0.2) is 22.2 Å². The summed E-state index contributed by atoms with van der Waals surface area (Å²) in [5.41, 5.74) is 5.03. The van der Waals surface area contributed by atoms with E-state index in [9.17, 15) is 9.59 Å². The van der Waals surface area contributed by atoms with E-state index in [2.05, 4.69) is 0 Å². The highest BCUT2D eigenvalue weighted by Gasteiger charge is 2.15. The minimum Gasteiger partial charge on any atom is -0.475 e. The van der Waals surface area contributed by atoms with Gasteiger partial charge in [-0.1, -0.05) is 11.8 Å². The molecular weight excluding hydrogens is 206 g/mol. The zero-order chi connectivity index (χ0) is 10.7. The number of amides is 1. The minimum atomic E-state index is -1.14. The normalized spacial score (nSPS) is 12.4. The van der Waals surface area contributed by atoms with Gasteiger partial charge < -0.3 is 15.3 Å². The van der Waals surface area contributed by atoms with Crippen LogP contribution in [0.3, 0.4) is 0 Å². The van der Waals surface area contributed by atoms with Gasteiger partial charge >= 0.3 is 5.97 Å². The highest BCUT2D eigenvalue weighted by Crippen LogP contribution is 2.25. The lowest BCUT2D eigenvalue weighted by Crippen LogP contribution is -2.22. The van der Waals surface area contributed by atoms with Crippen molar-refractivity contribution in [1.82, 2.24) is 0 Å². The van der Waals surface area contributed by atoms with E-state index in [4.69, 9.17) is 15.3 Å². The summed E-state index contributed by atoms with van der Waals surface area (Å²) < 4.78 is 4.92. The number of hydrogen-bond acceptors (Lipinski definition) is 4. The van der Waals surface area contributed by atoms with Crippen molar-refractivity contribution in [2.75, 3.05) is 0 Å². The number of furan rings is 1. The summed E-state index contributed by atoms with van der Waals surface area (Å²) in [6, 6.07) is 2.83. The fraction of sp³-hybridized carbons (Fsp3) is 0.250. The third-order valence-corrected chi connectivity index (χ3v) is 2.52. The average Bonchev–Trinajstić information content (AvgIpc) is 2.52. The fourth-order valence-corrected chi connectivity index (χ4v) is 1.48. The summed E-state index contributed by atoms with van der Waals surface area (Å²) in [6.45, 7) is 1.62. The van der Waals surface area contributed by atoms with Crippen LogP contribution in [0.15, 0.2) is 21.6 Å². The molecule has 14 heavy (non-hydrogen) atoms. The van der Waals surface area contributed by atoms with Crippen molar-refractivity contribution in [3.05, 3.63) is 17.9 Å². The van der Waals surface area contributed by atoms with E-state index >= 15 is 0 Å². The van der Waals surface area contributed by atoms with Crippen molar-refractivity contribution >= 4 is 23.6 Å². The lowest BCUT2D eigenvalue weighted by molar-refractivity contribution is -0.117. The monoisotopic (exact) mass is 215 g/mol. The van der Waals surface area contributed by atoms with Crippen LogP contribution >= 0.6 is 11.8 Å². The first kappa shape index (κ1) is 10.6. The number of rotatable bonds is 4. The average molecular weight is 215 g/mol. The van der Waals surface area contributed by atoms with Crippen LogP contribution in [0.25, 0.3) is 0 Å². The van der Waals surface area contributed by atoms with E-state index in [-0.39, 0.29) is 5.76 Å². The van der Waals surface area contributed by atoms with Crippen LogP contribution in [-0.2, 0) is 4.79 Å². The van der Waals surface area contributed by atoms with E-state index in [1.54, 1.807) is 6.92 Å². The maximum Gasteiger partial charge on any atom is 0.371 e. The molecule has 5 nitrogen and oxygen atoms in total. The van der Waals surface area contributed by atoms with E-state index in [1.165, 1.54) is 12.1 Å². The van der Waals surface area contributed by atoms with Crippen LogP contribution in [0.1, 0.15) is 17.5 Å². The van der Waals surface area contributed by atoms with Gasteiger partial charge in [-0.3, -0.25) is 4.79 Å². The molecule has 0 saturated carbocycles. The summed E-state index contributed by atoms with van der Waals surface area (Å²) >= 11 is 1.09. The van der Waals surface area contributed by atoms with E-state index in [0.717, 1.165) is 11.8 Å². The first-order valence-corrected chi connectivity index (χ1v) is 4.67. The molecule has 6 heteroatoms. The molecular formula is C8H9NO4S. The third-order valence-electron chi connectivity index (χ3n) is 1.49. The Hall–Kier alpha value is -1.43. The number of carboxylic acids is 1. The molecule has 1 aromatic rings. The molecule has 0 bridgehead atoms. The number of primary amides is 1. The van der Waals surface area contributed by atoms with Crippen molar-refractivity contribution in [3.63, 3.8) is 0 Å². The summed E-state index contributed by atoms with van der Waals surface area (Å²) in [7, 11) is 0. The summed E-state index contributed by atoms with van der Waals surface area (Å²) in [5.74, 6) is -1.75. The molecule has 0 aliphatic carbocycles. The number of carbonyl (C=O) groups excluding carboxylic acids is 1. The Morgan fingerprint density at radius 2 is 2.21 bits per heavy atom. The quantitative estimate of drug-likeness (QED) is 0.729. The van der Waals surface area contributed by atoms with Crippen LogP contribution in [0.2, 0.25) is 0 Å². The zero-order valence-corrected chi connectivity index (χ0v) is 8.21. The minimum absolute atomic E-state index is 0.149. The predicted octanol–water partition coefficient (Wildman–Crippen LogP) is 0.944. The highest BCUT2D eigenvalue weighted by atomic mass is 32.2. The van der Waals surface area contributed by atoms with Crippen LogP contribution < -0.4 is 5.73 Å². The van der Waals surface area contributed by atoms with Gasteiger partial charge in [-0.05, 0) is 19.1 Å². The largest absolute Gasteiger partial charge is 0.475 e. The van der Waals surface area contributed by atoms with Gasteiger partial charge in [0.1, 0.15) is 0 Å². The van der Waals surface area contributed by atoms with E-state index < -0.39 is 17.1 Å². The van der Waals surface area contributed by atoms with Gasteiger partial charge in [-0.2, -0.15) is 0 Å². The second kappa shape index (κ2) is 4.19. The van der Waals surface area contributed by atoms with Crippen molar-refractivity contribution in [2.45, 2.75) is 17.3 Å². The Morgan fingerprint density at radius 1 is 1.57 bits per heavy atom. The molecule has 1 unspecified atom stereocenters. The third kappa shape index (κ3) is 2.53. The molecule has 0 aliphatic rings. The maximum atomic E-state index is 10.7. The summed E-state index contributed by atoms with van der Waals surface area (Å²) in [6.07, 6.45) is 0. The molecule has 1 rings (SSSR count). The van der Waals surface area contributed by atoms with Crippen LogP contribution in [0.4, 0.5) is 0 Å². The lowest BCUT2D eigenvalue weighted by Gasteiger charge is -2.02. The van der Waals surface area contributed by atoms with Crippen molar-refractivity contribution in [2.24, 2.45) is 5.73 Å². The lowest BCUT2D eigenvalue weighted by atomic mass is 10.5. The molecule has 0 aromatic carbocycles. The Bertz CT molecular complexity index is 360. The highest BCUT2D eigenvalue weighted by molar-refractivity contribution is 8.00. The second-order valence-electron chi connectivity index (χ2n) is 2.59. The van der Waals surface area contributed by atoms with Crippen LogP contribution in [0.5, 0.6) is 0 Å². The van der Waals surface area contributed by atoms with E-state index in [0.29, 0.717) is 5.09 Å². The van der Waals surface area contributed by atoms with Crippen molar-refractivity contribution in [3.8, 4) is 0 Å². The van der Waals surface area contributed by atoms with Gasteiger partial charge in [0.15, 0.2) is 5.09 Å².